The molecule has 0 radical (unpaired) electrons. The van der Waals surface area contributed by atoms with Crippen molar-refractivity contribution in [2.24, 2.45) is 5.41 Å². The zero-order valence-electron chi connectivity index (χ0n) is 8.41. The molecule has 1 heterocycles. The van der Waals surface area contributed by atoms with Crippen LogP contribution in [0.5, 0.6) is 0 Å². The molecule has 7 heteroatoms. The number of aromatic nitrogens is 3. The van der Waals surface area contributed by atoms with Crippen LogP contribution in [0.3, 0.4) is 0 Å². The normalized spacial score (nSPS) is 17.9. The average Bonchev–Trinajstić information content (AvgIpc) is 2.69. The van der Waals surface area contributed by atoms with Crippen molar-refractivity contribution in [1.82, 2.24) is 15.2 Å². The molecule has 0 fully saturated rings. The summed E-state index contributed by atoms with van der Waals surface area (Å²) in [6.45, 7) is 0. The lowest BCUT2D eigenvalue weighted by molar-refractivity contribution is 0.427. The summed E-state index contributed by atoms with van der Waals surface area (Å²) in [6.07, 6.45) is 1.06. The number of rotatable bonds is 0. The summed E-state index contributed by atoms with van der Waals surface area (Å²) in [7, 11) is 0. The molecule has 0 bridgehead atoms. The predicted molar refractivity (Wildman–Crippen MR) is 50.1 cm³/mol. The Kier molecular flexibility index (Phi) is 2.00. The van der Waals surface area contributed by atoms with Crippen LogP contribution in [0.25, 0.3) is 0 Å². The highest BCUT2D eigenvalue weighted by molar-refractivity contribution is 5.54. The summed E-state index contributed by atoms with van der Waals surface area (Å²) < 4.78 is 0. The van der Waals surface area contributed by atoms with Crippen LogP contribution >= 0.6 is 0 Å². The fraction of sp³-hybridized carbons (Fsp3) is 0.300. The number of hydrogen-bond acceptors (Lipinski definition) is 7. The van der Waals surface area contributed by atoms with Crippen LogP contribution in [0.4, 0.5) is 0 Å². The van der Waals surface area contributed by atoms with Crippen LogP contribution in [-0.2, 0) is 11.8 Å². The number of nitrogens with zero attached hydrogens (tertiary/aromatic N) is 7. The molecule has 0 aromatic carbocycles. The Bertz CT molecular complexity index is 621. The molecule has 0 saturated carbocycles. The minimum Gasteiger partial charge on any atom is -0.237 e. The second-order valence-corrected chi connectivity index (χ2v) is 3.53. The van der Waals surface area contributed by atoms with E-state index in [0.717, 1.165) is 6.33 Å². The van der Waals surface area contributed by atoms with Gasteiger partial charge in [-0.3, -0.25) is 0 Å². The highest BCUT2D eigenvalue weighted by Crippen LogP contribution is 2.48. The quantitative estimate of drug-likeness (QED) is 0.589. The van der Waals surface area contributed by atoms with Crippen molar-refractivity contribution >= 4 is 0 Å². The monoisotopic (exact) mass is 221 g/mol. The van der Waals surface area contributed by atoms with Gasteiger partial charge in [-0.2, -0.15) is 21.0 Å². The maximum absolute atomic E-state index is 9.19. The Labute approximate surface area is 96.2 Å². The molecule has 0 saturated heterocycles. The van der Waals surface area contributed by atoms with Crippen LogP contribution in [0.1, 0.15) is 11.4 Å². The first-order valence-corrected chi connectivity index (χ1v) is 4.52. The Morgan fingerprint density at radius 1 is 1.06 bits per heavy atom. The first-order chi connectivity index (χ1) is 8.19. The zero-order chi connectivity index (χ0) is 12.5. The first-order valence-electron chi connectivity index (χ1n) is 4.52. The van der Waals surface area contributed by atoms with Gasteiger partial charge in [0, 0.05) is 6.42 Å². The van der Waals surface area contributed by atoms with Crippen molar-refractivity contribution in [3.05, 3.63) is 17.7 Å². The van der Waals surface area contributed by atoms with Gasteiger partial charge in [-0.25, -0.2) is 4.98 Å². The second-order valence-electron chi connectivity index (χ2n) is 3.53. The van der Waals surface area contributed by atoms with E-state index >= 15 is 0 Å². The summed E-state index contributed by atoms with van der Waals surface area (Å²) in [5, 5.41) is 43.8. The van der Waals surface area contributed by atoms with Gasteiger partial charge >= 0.3 is 0 Å². The van der Waals surface area contributed by atoms with E-state index in [0.29, 0.717) is 5.69 Å². The first kappa shape index (κ1) is 10.5. The van der Waals surface area contributed by atoms with E-state index in [2.05, 4.69) is 15.2 Å². The third-order valence-electron chi connectivity index (χ3n) is 2.84. The van der Waals surface area contributed by atoms with Gasteiger partial charge in [-0.05, 0) is 0 Å². The van der Waals surface area contributed by atoms with E-state index in [-0.39, 0.29) is 12.1 Å². The van der Waals surface area contributed by atoms with Gasteiger partial charge in [-0.15, -0.1) is 10.2 Å². The van der Waals surface area contributed by atoms with Gasteiger partial charge < -0.3 is 0 Å². The van der Waals surface area contributed by atoms with Gasteiger partial charge in [0.15, 0.2) is 5.41 Å². The maximum atomic E-state index is 9.19. The number of hydrogen-bond donors (Lipinski definition) is 0. The van der Waals surface area contributed by atoms with E-state index < -0.39 is 10.8 Å². The van der Waals surface area contributed by atoms with E-state index in [1.807, 2.05) is 0 Å². The Morgan fingerprint density at radius 3 is 2.24 bits per heavy atom. The third kappa shape index (κ3) is 0.977. The van der Waals surface area contributed by atoms with E-state index in [1.165, 1.54) is 0 Å². The lowest BCUT2D eigenvalue weighted by Crippen LogP contribution is -2.39. The van der Waals surface area contributed by atoms with Gasteiger partial charge in [0.25, 0.3) is 0 Å². The predicted octanol–water partition coefficient (Wildman–Crippen LogP) is -0.254. The maximum Gasteiger partial charge on any atom is 0.220 e. The SMILES string of the molecule is N#CC1(C#N)Cc2ncnnc2C1(C#N)C#N. The Morgan fingerprint density at radius 2 is 1.71 bits per heavy atom. The topological polar surface area (TPSA) is 134 Å². The van der Waals surface area contributed by atoms with Crippen LogP contribution in [0.2, 0.25) is 0 Å². The summed E-state index contributed by atoms with van der Waals surface area (Å²) in [4.78, 5) is 3.86. The van der Waals surface area contributed by atoms with Crippen LogP contribution in [0, 0.1) is 50.7 Å². The molecule has 1 aromatic rings. The minimum atomic E-state index is -1.92. The standard InChI is InChI=1S/C10H3N7/c11-2-9(3-12)1-7-8(17-16-6-15-7)10(9,4-13)5-14/h6H,1H2. The van der Waals surface area contributed by atoms with Crippen molar-refractivity contribution in [2.45, 2.75) is 11.8 Å². The molecule has 1 aliphatic carbocycles. The molecule has 1 aromatic heterocycles. The molecule has 0 unspecified atom stereocenters. The smallest absolute Gasteiger partial charge is 0.220 e. The largest absolute Gasteiger partial charge is 0.237 e. The van der Waals surface area contributed by atoms with E-state index in [1.54, 1.807) is 24.3 Å². The van der Waals surface area contributed by atoms with Crippen molar-refractivity contribution in [2.75, 3.05) is 0 Å². The number of fused-ring (bicyclic) bond motifs is 1. The average molecular weight is 221 g/mol. The van der Waals surface area contributed by atoms with Crippen LogP contribution in [0.15, 0.2) is 6.33 Å². The summed E-state index contributed by atoms with van der Waals surface area (Å²) in [5.41, 5.74) is -3.39. The molecular weight excluding hydrogens is 218 g/mol. The minimum absolute atomic E-state index is 0.00750. The van der Waals surface area contributed by atoms with Crippen molar-refractivity contribution in [3.8, 4) is 24.3 Å². The number of nitriles is 4. The fourth-order valence-electron chi connectivity index (χ4n) is 1.90. The molecular formula is C10H3N7. The fourth-order valence-corrected chi connectivity index (χ4v) is 1.90. The van der Waals surface area contributed by atoms with E-state index in [9.17, 15) is 10.5 Å². The molecule has 1 aliphatic rings. The molecule has 7 nitrogen and oxygen atoms in total. The second kappa shape index (κ2) is 3.23. The van der Waals surface area contributed by atoms with E-state index in [4.69, 9.17) is 10.5 Å². The summed E-state index contributed by atoms with van der Waals surface area (Å²) >= 11 is 0. The Balaban J connectivity index is 2.85. The van der Waals surface area contributed by atoms with Gasteiger partial charge in [-0.1, -0.05) is 0 Å². The van der Waals surface area contributed by atoms with Gasteiger partial charge in [0.1, 0.15) is 12.0 Å². The molecule has 2 rings (SSSR count). The lowest BCUT2D eigenvalue weighted by atomic mass is 9.68. The summed E-state index contributed by atoms with van der Waals surface area (Å²) in [6, 6.07) is 6.96. The molecule has 78 valence electrons. The molecule has 0 spiro atoms. The Hall–Kier alpha value is -3.03. The third-order valence-corrected chi connectivity index (χ3v) is 2.84. The highest BCUT2D eigenvalue weighted by atomic mass is 15.1. The van der Waals surface area contributed by atoms with Crippen molar-refractivity contribution in [1.29, 1.82) is 21.0 Å². The zero-order valence-corrected chi connectivity index (χ0v) is 8.41. The van der Waals surface area contributed by atoms with Crippen molar-refractivity contribution in [3.63, 3.8) is 0 Å². The molecule has 0 atom stereocenters. The van der Waals surface area contributed by atoms with Crippen LogP contribution in [-0.4, -0.2) is 15.2 Å². The molecule has 0 aliphatic heterocycles. The van der Waals surface area contributed by atoms with Crippen molar-refractivity contribution < 1.29 is 0 Å². The lowest BCUT2D eigenvalue weighted by Gasteiger charge is -2.21. The van der Waals surface area contributed by atoms with Gasteiger partial charge in [0.2, 0.25) is 5.41 Å². The van der Waals surface area contributed by atoms with Gasteiger partial charge in [0.05, 0.1) is 30.0 Å². The summed E-state index contributed by atoms with van der Waals surface area (Å²) in [5.74, 6) is 0. The molecule has 0 N–H and O–H groups in total. The molecule has 0 amide bonds. The highest BCUT2D eigenvalue weighted by Gasteiger charge is 2.63. The van der Waals surface area contributed by atoms with Crippen LogP contribution < -0.4 is 0 Å². The molecule has 17 heavy (non-hydrogen) atoms.